The summed E-state index contributed by atoms with van der Waals surface area (Å²) in [6, 6.07) is 15.2. The third-order valence-corrected chi connectivity index (χ3v) is 3.18. The molecule has 0 aromatic heterocycles. The van der Waals surface area contributed by atoms with Crippen molar-refractivity contribution in [3.63, 3.8) is 0 Å². The van der Waals surface area contributed by atoms with Crippen LogP contribution < -0.4 is 15.4 Å². The second-order valence-corrected chi connectivity index (χ2v) is 5.11. The Balaban J connectivity index is 1.57. The Bertz CT molecular complexity index is 674. The zero-order valence-corrected chi connectivity index (χ0v) is 13.2. The largest absolute Gasteiger partial charge is 0.508 e. The summed E-state index contributed by atoms with van der Waals surface area (Å²) in [5.41, 5.74) is 0.398. The molecule has 0 spiro atoms. The van der Waals surface area contributed by atoms with Gasteiger partial charge in [0.2, 0.25) is 0 Å². The van der Waals surface area contributed by atoms with E-state index < -0.39 is 0 Å². The van der Waals surface area contributed by atoms with E-state index >= 15 is 0 Å². The summed E-state index contributed by atoms with van der Waals surface area (Å²) in [6.07, 6.45) is 0.599. The number of phenols is 1. The third kappa shape index (κ3) is 6.00. The summed E-state index contributed by atoms with van der Waals surface area (Å²) in [7, 11) is 0. The molecule has 0 saturated carbocycles. The predicted molar refractivity (Wildman–Crippen MR) is 90.0 cm³/mol. The fourth-order valence-electron chi connectivity index (χ4n) is 1.98. The average molecular weight is 328 g/mol. The summed E-state index contributed by atoms with van der Waals surface area (Å²) in [6.45, 7) is 0.825. The quantitative estimate of drug-likeness (QED) is 0.644. The summed E-state index contributed by atoms with van der Waals surface area (Å²) >= 11 is 0. The van der Waals surface area contributed by atoms with E-state index in [0.29, 0.717) is 30.8 Å². The molecule has 6 heteroatoms. The number of phenolic OH excluding ortho intramolecular Hbond substituents is 1. The van der Waals surface area contributed by atoms with E-state index in [1.807, 2.05) is 18.2 Å². The highest BCUT2D eigenvalue weighted by molar-refractivity contribution is 5.94. The number of hydrogen-bond donors (Lipinski definition) is 3. The molecule has 0 unspecified atom stereocenters. The number of hydrogen-bond acceptors (Lipinski definition) is 4. The van der Waals surface area contributed by atoms with Crippen molar-refractivity contribution >= 4 is 11.8 Å². The average Bonchev–Trinajstić information content (AvgIpc) is 2.60. The van der Waals surface area contributed by atoms with Crippen molar-refractivity contribution in [2.24, 2.45) is 0 Å². The number of para-hydroxylation sites is 1. The van der Waals surface area contributed by atoms with Gasteiger partial charge in [-0.3, -0.25) is 9.59 Å². The molecule has 2 aromatic rings. The minimum absolute atomic E-state index is 0.0420. The molecule has 2 rings (SSSR count). The normalized spacial score (nSPS) is 10.0. The maximum Gasteiger partial charge on any atom is 0.257 e. The van der Waals surface area contributed by atoms with Crippen LogP contribution in [0.15, 0.2) is 54.6 Å². The summed E-state index contributed by atoms with van der Waals surface area (Å²) in [5, 5.41) is 14.8. The van der Waals surface area contributed by atoms with Crippen molar-refractivity contribution in [1.29, 1.82) is 0 Å². The molecule has 126 valence electrons. The van der Waals surface area contributed by atoms with E-state index in [0.717, 1.165) is 0 Å². The van der Waals surface area contributed by atoms with E-state index in [1.54, 1.807) is 24.3 Å². The summed E-state index contributed by atoms with van der Waals surface area (Å²) < 4.78 is 5.33. The van der Waals surface area contributed by atoms with Crippen LogP contribution in [0.5, 0.6) is 11.5 Å². The molecule has 6 nitrogen and oxygen atoms in total. The van der Waals surface area contributed by atoms with Crippen molar-refractivity contribution in [3.05, 3.63) is 60.2 Å². The van der Waals surface area contributed by atoms with Crippen LogP contribution >= 0.6 is 0 Å². The van der Waals surface area contributed by atoms with Gasteiger partial charge in [0.25, 0.3) is 11.8 Å². The second kappa shape index (κ2) is 9.19. The number of nitrogens with one attached hydrogen (secondary N) is 2. The van der Waals surface area contributed by atoms with Gasteiger partial charge in [0.05, 0.1) is 0 Å². The van der Waals surface area contributed by atoms with Gasteiger partial charge >= 0.3 is 0 Å². The van der Waals surface area contributed by atoms with E-state index in [1.165, 1.54) is 12.1 Å². The molecule has 0 radical (unpaired) electrons. The lowest BCUT2D eigenvalue weighted by molar-refractivity contribution is -0.123. The van der Waals surface area contributed by atoms with Gasteiger partial charge in [-0.15, -0.1) is 0 Å². The Morgan fingerprint density at radius 1 is 0.958 bits per heavy atom. The SMILES string of the molecule is O=C(COc1ccccc1)NCCCNC(=O)c1cccc(O)c1. The molecule has 0 aliphatic rings. The van der Waals surface area contributed by atoms with Crippen LogP contribution in [0.4, 0.5) is 0 Å². The van der Waals surface area contributed by atoms with Gasteiger partial charge in [0.15, 0.2) is 6.61 Å². The molecule has 24 heavy (non-hydrogen) atoms. The Kier molecular flexibility index (Phi) is 6.64. The number of amides is 2. The van der Waals surface area contributed by atoms with Gasteiger partial charge < -0.3 is 20.5 Å². The van der Waals surface area contributed by atoms with Crippen molar-refractivity contribution in [2.75, 3.05) is 19.7 Å². The first-order chi connectivity index (χ1) is 11.6. The van der Waals surface area contributed by atoms with E-state index in [-0.39, 0.29) is 24.2 Å². The number of benzene rings is 2. The first kappa shape index (κ1) is 17.3. The first-order valence-corrected chi connectivity index (χ1v) is 7.67. The molecular formula is C18H20N2O4. The van der Waals surface area contributed by atoms with Crippen molar-refractivity contribution in [1.82, 2.24) is 10.6 Å². The van der Waals surface area contributed by atoms with Gasteiger partial charge in [0, 0.05) is 18.7 Å². The zero-order chi connectivity index (χ0) is 17.2. The van der Waals surface area contributed by atoms with Crippen LogP contribution in [-0.2, 0) is 4.79 Å². The zero-order valence-electron chi connectivity index (χ0n) is 13.2. The topological polar surface area (TPSA) is 87.7 Å². The fourth-order valence-corrected chi connectivity index (χ4v) is 1.98. The maximum atomic E-state index is 11.8. The molecule has 0 heterocycles. The third-order valence-electron chi connectivity index (χ3n) is 3.18. The molecule has 0 fully saturated rings. The number of rotatable bonds is 8. The Morgan fingerprint density at radius 3 is 2.46 bits per heavy atom. The monoisotopic (exact) mass is 328 g/mol. The van der Waals surface area contributed by atoms with Gasteiger partial charge in [-0.25, -0.2) is 0 Å². The van der Waals surface area contributed by atoms with Crippen LogP contribution in [0.2, 0.25) is 0 Å². The number of carbonyl (C=O) groups is 2. The van der Waals surface area contributed by atoms with Gasteiger partial charge in [-0.05, 0) is 36.8 Å². The minimum Gasteiger partial charge on any atom is -0.508 e. The standard InChI is InChI=1S/C18H20N2O4/c21-15-7-4-6-14(12-15)18(23)20-11-5-10-19-17(22)13-24-16-8-2-1-3-9-16/h1-4,6-9,12,21H,5,10-11,13H2,(H,19,22)(H,20,23). The van der Waals surface area contributed by atoms with Crippen LogP contribution in [0.3, 0.4) is 0 Å². The smallest absolute Gasteiger partial charge is 0.257 e. The number of aromatic hydroxyl groups is 1. The molecule has 0 saturated heterocycles. The highest BCUT2D eigenvalue weighted by atomic mass is 16.5. The minimum atomic E-state index is -0.260. The van der Waals surface area contributed by atoms with E-state index in [9.17, 15) is 14.7 Å². The fraction of sp³-hybridized carbons (Fsp3) is 0.222. The lowest BCUT2D eigenvalue weighted by Gasteiger charge is -2.08. The van der Waals surface area contributed by atoms with E-state index in [4.69, 9.17) is 4.74 Å². The molecule has 2 aromatic carbocycles. The molecule has 0 aliphatic carbocycles. The Morgan fingerprint density at radius 2 is 1.71 bits per heavy atom. The summed E-state index contributed by atoms with van der Waals surface area (Å²) in [5.74, 6) is 0.224. The molecule has 0 bridgehead atoms. The highest BCUT2D eigenvalue weighted by Gasteiger charge is 2.05. The lowest BCUT2D eigenvalue weighted by Crippen LogP contribution is -2.32. The highest BCUT2D eigenvalue weighted by Crippen LogP contribution is 2.10. The van der Waals surface area contributed by atoms with Gasteiger partial charge in [0.1, 0.15) is 11.5 Å². The van der Waals surface area contributed by atoms with Gasteiger partial charge in [-0.1, -0.05) is 24.3 Å². The van der Waals surface area contributed by atoms with Crippen molar-refractivity contribution in [2.45, 2.75) is 6.42 Å². The van der Waals surface area contributed by atoms with Crippen LogP contribution in [0, 0.1) is 0 Å². The lowest BCUT2D eigenvalue weighted by atomic mass is 10.2. The Hall–Kier alpha value is -3.02. The van der Waals surface area contributed by atoms with Crippen LogP contribution in [0.1, 0.15) is 16.8 Å². The first-order valence-electron chi connectivity index (χ1n) is 7.67. The van der Waals surface area contributed by atoms with Crippen LogP contribution in [0.25, 0.3) is 0 Å². The maximum absolute atomic E-state index is 11.8. The van der Waals surface area contributed by atoms with Gasteiger partial charge in [-0.2, -0.15) is 0 Å². The number of ether oxygens (including phenoxy) is 1. The Labute approximate surface area is 140 Å². The summed E-state index contributed by atoms with van der Waals surface area (Å²) in [4.78, 5) is 23.4. The molecular weight excluding hydrogens is 308 g/mol. The van der Waals surface area contributed by atoms with E-state index in [2.05, 4.69) is 10.6 Å². The predicted octanol–water partition coefficient (Wildman–Crippen LogP) is 1.71. The van der Waals surface area contributed by atoms with Crippen LogP contribution in [-0.4, -0.2) is 36.6 Å². The second-order valence-electron chi connectivity index (χ2n) is 5.11. The molecule has 3 N–H and O–H groups in total. The molecule has 2 amide bonds. The van der Waals surface area contributed by atoms with Crippen molar-refractivity contribution < 1.29 is 19.4 Å². The molecule has 0 atom stereocenters. The molecule has 0 aliphatic heterocycles. The number of carbonyl (C=O) groups excluding carboxylic acids is 2. The van der Waals surface area contributed by atoms with Crippen molar-refractivity contribution in [3.8, 4) is 11.5 Å².